The van der Waals surface area contributed by atoms with Gasteiger partial charge in [-0.1, -0.05) is 0 Å². The normalized spacial score (nSPS) is 10.3. The Morgan fingerprint density at radius 1 is 1.60 bits per heavy atom. The van der Waals surface area contributed by atoms with E-state index in [0.29, 0.717) is 5.88 Å². The van der Waals surface area contributed by atoms with Crippen LogP contribution in [0.5, 0.6) is 5.88 Å². The van der Waals surface area contributed by atoms with Gasteiger partial charge in [-0.15, -0.1) is 11.3 Å². The predicted octanol–water partition coefficient (Wildman–Crippen LogP) is 1.47. The first-order valence-corrected chi connectivity index (χ1v) is 5.16. The van der Waals surface area contributed by atoms with Gasteiger partial charge in [-0.05, 0) is 0 Å². The lowest BCUT2D eigenvalue weighted by Gasteiger charge is -2.02. The van der Waals surface area contributed by atoms with Crippen molar-refractivity contribution in [1.29, 1.82) is 0 Å². The average Bonchev–Trinajstić information content (AvgIpc) is 2.76. The molecule has 0 radical (unpaired) electrons. The molecule has 0 aromatic carbocycles. The number of aryl methyl sites for hydroxylation is 1. The molecule has 0 fully saturated rings. The molecule has 0 atom stereocenters. The topological polar surface area (TPSA) is 57.0 Å². The summed E-state index contributed by atoms with van der Waals surface area (Å²) < 4.78 is 6.58. The zero-order valence-corrected chi connectivity index (χ0v) is 9.11. The molecule has 78 valence electrons. The highest BCUT2D eigenvalue weighted by Gasteiger charge is 2.15. The number of nitrogens with zero attached hydrogens (tertiary/aromatic N) is 3. The molecule has 15 heavy (non-hydrogen) atoms. The Bertz CT molecular complexity index is 476. The first-order valence-electron chi connectivity index (χ1n) is 4.29. The van der Waals surface area contributed by atoms with Gasteiger partial charge in [0.2, 0.25) is 5.88 Å². The Hall–Kier alpha value is -1.69. The third-order valence-electron chi connectivity index (χ3n) is 1.79. The molecule has 0 spiro atoms. The van der Waals surface area contributed by atoms with Crippen molar-refractivity contribution in [3.05, 3.63) is 17.8 Å². The SMILES string of the molecule is CC(=O)Oc1c(-c2nccs2)cnn1C. The van der Waals surface area contributed by atoms with Gasteiger partial charge in [-0.2, -0.15) is 5.10 Å². The number of thiazole rings is 1. The van der Waals surface area contributed by atoms with Crippen LogP contribution < -0.4 is 4.74 Å². The highest BCUT2D eigenvalue weighted by atomic mass is 32.1. The van der Waals surface area contributed by atoms with Crippen LogP contribution in [0.15, 0.2) is 17.8 Å². The largest absolute Gasteiger partial charge is 0.407 e. The standard InChI is InChI=1S/C9H9N3O2S/c1-6(13)14-9-7(5-11-12(9)2)8-10-3-4-15-8/h3-5H,1-2H3. The number of rotatable bonds is 2. The summed E-state index contributed by atoms with van der Waals surface area (Å²) in [4.78, 5) is 15.0. The maximum atomic E-state index is 10.9. The number of carbonyl (C=O) groups excluding carboxylic acids is 1. The molecule has 0 amide bonds. The van der Waals surface area contributed by atoms with Crippen molar-refractivity contribution in [3.8, 4) is 16.5 Å². The molecule has 5 nitrogen and oxygen atoms in total. The summed E-state index contributed by atoms with van der Waals surface area (Å²) in [5.74, 6) is 0.0638. The first kappa shape index (κ1) is 9.85. The Kier molecular flexibility index (Phi) is 2.51. The fraction of sp³-hybridized carbons (Fsp3) is 0.222. The molecular weight excluding hydrogens is 214 g/mol. The van der Waals surface area contributed by atoms with Gasteiger partial charge in [0.15, 0.2) is 0 Å². The van der Waals surface area contributed by atoms with Crippen molar-refractivity contribution in [2.75, 3.05) is 0 Å². The zero-order valence-electron chi connectivity index (χ0n) is 8.30. The molecule has 0 bridgehead atoms. The van der Waals surface area contributed by atoms with Crippen molar-refractivity contribution >= 4 is 17.3 Å². The second kappa shape index (κ2) is 3.82. The average molecular weight is 223 g/mol. The van der Waals surface area contributed by atoms with E-state index >= 15 is 0 Å². The van der Waals surface area contributed by atoms with Gasteiger partial charge in [0, 0.05) is 25.5 Å². The van der Waals surface area contributed by atoms with Crippen molar-refractivity contribution in [1.82, 2.24) is 14.8 Å². The maximum absolute atomic E-state index is 10.9. The van der Waals surface area contributed by atoms with Gasteiger partial charge in [-0.3, -0.25) is 4.79 Å². The minimum absolute atomic E-state index is 0.364. The molecule has 0 unspecified atom stereocenters. The lowest BCUT2D eigenvalue weighted by Crippen LogP contribution is -2.06. The van der Waals surface area contributed by atoms with E-state index in [-0.39, 0.29) is 5.97 Å². The number of hydrogen-bond acceptors (Lipinski definition) is 5. The van der Waals surface area contributed by atoms with Crippen LogP contribution in [0.1, 0.15) is 6.92 Å². The van der Waals surface area contributed by atoms with E-state index < -0.39 is 0 Å². The third-order valence-corrected chi connectivity index (χ3v) is 2.59. The molecular formula is C9H9N3O2S. The monoisotopic (exact) mass is 223 g/mol. The molecule has 0 saturated heterocycles. The number of carbonyl (C=O) groups is 1. The summed E-state index contributed by atoms with van der Waals surface area (Å²) in [5, 5.41) is 6.68. The molecule has 6 heteroatoms. The third kappa shape index (κ3) is 1.89. The van der Waals surface area contributed by atoms with Crippen molar-refractivity contribution < 1.29 is 9.53 Å². The summed E-state index contributed by atoms with van der Waals surface area (Å²) in [6.45, 7) is 1.36. The van der Waals surface area contributed by atoms with Crippen LogP contribution in [0.2, 0.25) is 0 Å². The lowest BCUT2D eigenvalue weighted by atomic mass is 10.3. The Labute approximate surface area is 90.3 Å². The van der Waals surface area contributed by atoms with Gasteiger partial charge in [0.1, 0.15) is 5.01 Å². The summed E-state index contributed by atoms with van der Waals surface area (Å²) in [6.07, 6.45) is 3.33. The minimum Gasteiger partial charge on any atom is -0.407 e. The fourth-order valence-electron chi connectivity index (χ4n) is 1.19. The number of esters is 1. The molecule has 0 saturated carbocycles. The maximum Gasteiger partial charge on any atom is 0.309 e. The number of aromatic nitrogens is 3. The van der Waals surface area contributed by atoms with E-state index in [0.717, 1.165) is 10.6 Å². The highest BCUT2D eigenvalue weighted by molar-refractivity contribution is 7.13. The number of ether oxygens (including phenoxy) is 1. The van der Waals surface area contributed by atoms with Gasteiger partial charge < -0.3 is 4.74 Å². The van der Waals surface area contributed by atoms with Gasteiger partial charge in [0.25, 0.3) is 0 Å². The summed E-state index contributed by atoms with van der Waals surface area (Å²) in [6, 6.07) is 0. The van der Waals surface area contributed by atoms with Crippen LogP contribution in [0.4, 0.5) is 0 Å². The van der Waals surface area contributed by atoms with Crippen LogP contribution in [0.3, 0.4) is 0 Å². The van der Waals surface area contributed by atoms with E-state index in [1.807, 2.05) is 5.38 Å². The smallest absolute Gasteiger partial charge is 0.309 e. The lowest BCUT2D eigenvalue weighted by molar-refractivity contribution is -0.132. The summed E-state index contributed by atoms with van der Waals surface area (Å²) in [7, 11) is 1.72. The van der Waals surface area contributed by atoms with Crippen molar-refractivity contribution in [2.45, 2.75) is 6.92 Å². The second-order valence-corrected chi connectivity index (χ2v) is 3.81. The van der Waals surface area contributed by atoms with Crippen LogP contribution in [0, 0.1) is 0 Å². The molecule has 2 rings (SSSR count). The highest BCUT2D eigenvalue weighted by Crippen LogP contribution is 2.30. The Morgan fingerprint density at radius 3 is 3.00 bits per heavy atom. The van der Waals surface area contributed by atoms with E-state index in [4.69, 9.17) is 4.74 Å². The Balaban J connectivity index is 2.44. The van der Waals surface area contributed by atoms with E-state index in [1.165, 1.54) is 22.9 Å². The van der Waals surface area contributed by atoms with E-state index in [9.17, 15) is 4.79 Å². The quantitative estimate of drug-likeness (QED) is 0.723. The van der Waals surface area contributed by atoms with Crippen LogP contribution in [-0.4, -0.2) is 20.7 Å². The van der Waals surface area contributed by atoms with Crippen LogP contribution in [0.25, 0.3) is 10.6 Å². The first-order chi connectivity index (χ1) is 7.18. The molecule has 0 aliphatic heterocycles. The number of hydrogen-bond donors (Lipinski definition) is 0. The second-order valence-electron chi connectivity index (χ2n) is 2.92. The van der Waals surface area contributed by atoms with Crippen LogP contribution in [-0.2, 0) is 11.8 Å². The molecule has 0 N–H and O–H groups in total. The molecule has 2 aromatic rings. The van der Waals surface area contributed by atoms with Gasteiger partial charge >= 0.3 is 5.97 Å². The summed E-state index contributed by atoms with van der Waals surface area (Å²) in [5.41, 5.74) is 0.739. The molecule has 0 aliphatic carbocycles. The predicted molar refractivity (Wildman–Crippen MR) is 55.6 cm³/mol. The molecule has 2 heterocycles. The van der Waals surface area contributed by atoms with Gasteiger partial charge in [-0.25, -0.2) is 9.67 Å². The molecule has 0 aliphatic rings. The minimum atomic E-state index is -0.364. The van der Waals surface area contributed by atoms with Crippen LogP contribution >= 0.6 is 11.3 Å². The van der Waals surface area contributed by atoms with Crippen molar-refractivity contribution in [3.63, 3.8) is 0 Å². The Morgan fingerprint density at radius 2 is 2.40 bits per heavy atom. The fourth-order valence-corrected chi connectivity index (χ4v) is 1.83. The summed E-state index contributed by atoms with van der Waals surface area (Å²) >= 11 is 1.47. The zero-order chi connectivity index (χ0) is 10.8. The van der Waals surface area contributed by atoms with Gasteiger partial charge in [0.05, 0.1) is 11.8 Å². The van der Waals surface area contributed by atoms with E-state index in [1.54, 1.807) is 19.4 Å². The van der Waals surface area contributed by atoms with E-state index in [2.05, 4.69) is 10.1 Å². The molecule has 2 aromatic heterocycles. The van der Waals surface area contributed by atoms with Crippen molar-refractivity contribution in [2.24, 2.45) is 7.05 Å².